The number of carbonyl (C=O) groups excluding carboxylic acids is 2. The van der Waals surface area contributed by atoms with Gasteiger partial charge in [-0.25, -0.2) is 4.79 Å². The van der Waals surface area contributed by atoms with E-state index in [1.807, 2.05) is 13.2 Å². The molecule has 80 valence electrons. The third kappa shape index (κ3) is 2.90. The van der Waals surface area contributed by atoms with Gasteiger partial charge in [-0.1, -0.05) is 6.92 Å². The van der Waals surface area contributed by atoms with Crippen molar-refractivity contribution in [2.75, 3.05) is 25.1 Å². The van der Waals surface area contributed by atoms with Crippen LogP contribution in [-0.4, -0.2) is 41.9 Å². The molecule has 1 aliphatic rings. The van der Waals surface area contributed by atoms with Crippen LogP contribution in [-0.2, 0) is 4.79 Å². The summed E-state index contributed by atoms with van der Waals surface area (Å²) >= 11 is 1.77. The molecule has 0 bridgehead atoms. The summed E-state index contributed by atoms with van der Waals surface area (Å²) in [7, 11) is 0. The highest BCUT2D eigenvalue weighted by atomic mass is 32.2. The predicted octanol–water partition coefficient (Wildman–Crippen LogP) is 0.927. The van der Waals surface area contributed by atoms with Crippen molar-refractivity contribution in [2.45, 2.75) is 13.3 Å². The number of thioether (sulfide) groups is 1. The lowest BCUT2D eigenvalue weighted by atomic mass is 10.1. The van der Waals surface area contributed by atoms with Crippen molar-refractivity contribution in [1.82, 2.24) is 10.2 Å². The maximum absolute atomic E-state index is 11.3. The molecule has 0 saturated carbocycles. The number of nitrogens with zero attached hydrogens (tertiary/aromatic N) is 1. The smallest absolute Gasteiger partial charge is 0.324 e. The van der Waals surface area contributed by atoms with E-state index in [2.05, 4.69) is 5.32 Å². The molecule has 1 heterocycles. The van der Waals surface area contributed by atoms with Gasteiger partial charge in [0.15, 0.2) is 0 Å². The summed E-state index contributed by atoms with van der Waals surface area (Å²) in [6.07, 6.45) is 3.03. The minimum atomic E-state index is -0.241. The Bertz CT molecular complexity index is 233. The summed E-state index contributed by atoms with van der Waals surface area (Å²) in [5.41, 5.74) is 0. The van der Waals surface area contributed by atoms with E-state index in [0.717, 1.165) is 18.7 Å². The molecule has 0 aromatic heterocycles. The lowest BCUT2D eigenvalue weighted by molar-refractivity contribution is -0.125. The van der Waals surface area contributed by atoms with Gasteiger partial charge >= 0.3 is 6.03 Å². The lowest BCUT2D eigenvalue weighted by Gasteiger charge is -2.30. The molecule has 0 aliphatic carbocycles. The third-order valence-electron chi connectivity index (χ3n) is 2.24. The molecule has 1 rings (SSSR count). The van der Waals surface area contributed by atoms with Gasteiger partial charge in [0, 0.05) is 13.1 Å². The van der Waals surface area contributed by atoms with Crippen molar-refractivity contribution in [3.8, 4) is 0 Å². The number of hydrogen-bond acceptors (Lipinski definition) is 3. The average Bonchev–Trinajstić information content (AvgIpc) is 2.14. The molecule has 0 aromatic carbocycles. The van der Waals surface area contributed by atoms with E-state index in [0.29, 0.717) is 6.54 Å². The van der Waals surface area contributed by atoms with Crippen LogP contribution in [0.3, 0.4) is 0 Å². The van der Waals surface area contributed by atoms with Gasteiger partial charge in [0.05, 0.1) is 5.92 Å². The molecule has 3 amide bonds. The Kier molecular flexibility index (Phi) is 4.25. The Hall–Kier alpha value is -0.710. The fourth-order valence-corrected chi connectivity index (χ4v) is 1.81. The maximum Gasteiger partial charge on any atom is 0.324 e. The summed E-state index contributed by atoms with van der Waals surface area (Å²) in [6.45, 7) is 3.13. The molecule has 5 heteroatoms. The molecule has 1 unspecified atom stereocenters. The largest absolute Gasteiger partial charge is 0.324 e. The molecule has 1 saturated heterocycles. The molecular weight excluding hydrogens is 200 g/mol. The zero-order valence-corrected chi connectivity index (χ0v) is 9.39. The Labute approximate surface area is 88.4 Å². The van der Waals surface area contributed by atoms with Crippen LogP contribution in [0.4, 0.5) is 4.79 Å². The van der Waals surface area contributed by atoms with Crippen molar-refractivity contribution in [1.29, 1.82) is 0 Å². The van der Waals surface area contributed by atoms with Gasteiger partial charge in [-0.3, -0.25) is 10.1 Å². The van der Waals surface area contributed by atoms with Crippen molar-refractivity contribution in [2.24, 2.45) is 5.92 Å². The Balaban J connectivity index is 2.37. The predicted molar refractivity (Wildman–Crippen MR) is 57.3 cm³/mol. The van der Waals surface area contributed by atoms with Crippen molar-refractivity contribution < 1.29 is 9.59 Å². The second kappa shape index (κ2) is 5.24. The maximum atomic E-state index is 11.3. The fraction of sp³-hybridized carbons (Fsp3) is 0.778. The number of hydrogen-bond donors (Lipinski definition) is 1. The topological polar surface area (TPSA) is 49.4 Å². The first-order valence-electron chi connectivity index (χ1n) is 4.74. The SMILES string of the molecule is CSCCCN1CC(C)C(=O)NC1=O. The quantitative estimate of drug-likeness (QED) is 0.711. The van der Waals surface area contributed by atoms with Crippen molar-refractivity contribution in [3.63, 3.8) is 0 Å². The zero-order chi connectivity index (χ0) is 10.6. The summed E-state index contributed by atoms with van der Waals surface area (Å²) in [6, 6.07) is -0.241. The number of imide groups is 1. The van der Waals surface area contributed by atoms with Crippen LogP contribution in [0.15, 0.2) is 0 Å². The summed E-state index contributed by atoms with van der Waals surface area (Å²) in [4.78, 5) is 24.2. The Morgan fingerprint density at radius 1 is 1.57 bits per heavy atom. The minimum absolute atomic E-state index is 0.0815. The van der Waals surface area contributed by atoms with Gasteiger partial charge in [-0.05, 0) is 18.4 Å². The molecule has 1 fully saturated rings. The van der Waals surface area contributed by atoms with E-state index in [9.17, 15) is 9.59 Å². The van der Waals surface area contributed by atoms with Gasteiger partial charge in [0.25, 0.3) is 0 Å². The standard InChI is InChI=1S/C9H16N2O2S/c1-7-6-11(4-3-5-14-2)9(13)10-8(7)12/h7H,3-6H2,1-2H3,(H,10,12,13). The van der Waals surface area contributed by atoms with Crippen LogP contribution in [0.1, 0.15) is 13.3 Å². The number of amides is 3. The van der Waals surface area contributed by atoms with Gasteiger partial charge < -0.3 is 4.90 Å². The van der Waals surface area contributed by atoms with Crippen LogP contribution in [0.2, 0.25) is 0 Å². The van der Waals surface area contributed by atoms with Gasteiger partial charge in [0.1, 0.15) is 0 Å². The molecule has 4 nitrogen and oxygen atoms in total. The van der Waals surface area contributed by atoms with E-state index < -0.39 is 0 Å². The number of nitrogens with one attached hydrogen (secondary N) is 1. The second-order valence-corrected chi connectivity index (χ2v) is 4.47. The molecule has 0 spiro atoms. The Morgan fingerprint density at radius 3 is 2.93 bits per heavy atom. The van der Waals surface area contributed by atoms with Crippen LogP contribution in [0, 0.1) is 5.92 Å². The summed E-state index contributed by atoms with van der Waals surface area (Å²) in [5.74, 6) is 0.810. The van der Waals surface area contributed by atoms with E-state index in [-0.39, 0.29) is 17.9 Å². The van der Waals surface area contributed by atoms with Gasteiger partial charge in [-0.2, -0.15) is 11.8 Å². The number of carbonyl (C=O) groups is 2. The molecule has 14 heavy (non-hydrogen) atoms. The fourth-order valence-electron chi connectivity index (χ4n) is 1.40. The molecule has 0 aromatic rings. The van der Waals surface area contributed by atoms with Crippen LogP contribution in [0.5, 0.6) is 0 Å². The van der Waals surface area contributed by atoms with Crippen LogP contribution >= 0.6 is 11.8 Å². The minimum Gasteiger partial charge on any atom is -0.324 e. The van der Waals surface area contributed by atoms with Crippen LogP contribution < -0.4 is 5.32 Å². The average molecular weight is 216 g/mol. The normalized spacial score (nSPS) is 22.4. The summed E-state index contributed by atoms with van der Waals surface area (Å²) in [5, 5.41) is 2.35. The molecule has 0 radical (unpaired) electrons. The lowest BCUT2D eigenvalue weighted by Crippen LogP contribution is -2.53. The number of rotatable bonds is 4. The summed E-state index contributed by atoms with van der Waals surface area (Å²) < 4.78 is 0. The highest BCUT2D eigenvalue weighted by Gasteiger charge is 2.28. The van der Waals surface area contributed by atoms with E-state index in [4.69, 9.17) is 0 Å². The molecule has 1 aliphatic heterocycles. The molecule has 1 N–H and O–H groups in total. The highest BCUT2D eigenvalue weighted by molar-refractivity contribution is 7.98. The molecular formula is C9H16N2O2S. The van der Waals surface area contributed by atoms with Gasteiger partial charge in [-0.15, -0.1) is 0 Å². The van der Waals surface area contributed by atoms with Crippen molar-refractivity contribution >= 4 is 23.7 Å². The second-order valence-electron chi connectivity index (χ2n) is 3.49. The van der Waals surface area contributed by atoms with E-state index in [1.54, 1.807) is 16.7 Å². The highest BCUT2D eigenvalue weighted by Crippen LogP contribution is 2.08. The number of urea groups is 1. The first kappa shape index (κ1) is 11.4. The zero-order valence-electron chi connectivity index (χ0n) is 8.58. The Morgan fingerprint density at radius 2 is 2.29 bits per heavy atom. The van der Waals surface area contributed by atoms with Crippen LogP contribution in [0.25, 0.3) is 0 Å². The monoisotopic (exact) mass is 216 g/mol. The first-order chi connectivity index (χ1) is 6.65. The van der Waals surface area contributed by atoms with Crippen molar-refractivity contribution in [3.05, 3.63) is 0 Å². The first-order valence-corrected chi connectivity index (χ1v) is 6.13. The third-order valence-corrected chi connectivity index (χ3v) is 2.93. The van der Waals surface area contributed by atoms with E-state index in [1.165, 1.54) is 0 Å². The van der Waals surface area contributed by atoms with E-state index >= 15 is 0 Å². The molecule has 1 atom stereocenters. The van der Waals surface area contributed by atoms with Gasteiger partial charge in [0.2, 0.25) is 5.91 Å².